The predicted octanol–water partition coefficient (Wildman–Crippen LogP) is 5.14. The minimum atomic E-state index is -4.44. The molecular weight excluding hydrogens is 463 g/mol. The van der Waals surface area contributed by atoms with Crippen LogP contribution in [0.4, 0.5) is 18.9 Å². The average Bonchev–Trinajstić information content (AvgIpc) is 3.53. The maximum absolute atomic E-state index is 12.6. The fraction of sp³-hybridized carbons (Fsp3) is 0.250. The van der Waals surface area contributed by atoms with Crippen molar-refractivity contribution in [2.24, 2.45) is 0 Å². The second-order valence-electron chi connectivity index (χ2n) is 7.71. The van der Waals surface area contributed by atoms with Gasteiger partial charge in [0.1, 0.15) is 12.0 Å². The van der Waals surface area contributed by atoms with Crippen LogP contribution in [0.3, 0.4) is 0 Å². The van der Waals surface area contributed by atoms with Crippen molar-refractivity contribution in [3.05, 3.63) is 89.9 Å². The lowest BCUT2D eigenvalue weighted by atomic mass is 10.1. The fourth-order valence-corrected chi connectivity index (χ4v) is 3.27. The number of oxazole rings is 1. The average molecular weight is 485 g/mol. The zero-order chi connectivity index (χ0) is 24.7. The van der Waals surface area contributed by atoms with Crippen LogP contribution in [0.1, 0.15) is 40.3 Å². The number of amides is 1. The predicted molar refractivity (Wildman–Crippen MR) is 120 cm³/mol. The van der Waals surface area contributed by atoms with E-state index >= 15 is 0 Å². The van der Waals surface area contributed by atoms with E-state index in [9.17, 15) is 18.0 Å². The molecule has 0 atom stereocenters. The Kier molecular flexibility index (Phi) is 7.44. The van der Waals surface area contributed by atoms with E-state index in [2.05, 4.69) is 20.6 Å². The van der Waals surface area contributed by atoms with Crippen LogP contribution in [-0.2, 0) is 25.7 Å². The van der Waals surface area contributed by atoms with E-state index in [-0.39, 0.29) is 23.9 Å². The molecule has 0 aliphatic heterocycles. The van der Waals surface area contributed by atoms with Gasteiger partial charge in [-0.25, -0.2) is 4.98 Å². The molecule has 0 fully saturated rings. The molecule has 1 amide bonds. The second-order valence-corrected chi connectivity index (χ2v) is 7.71. The van der Waals surface area contributed by atoms with Crippen LogP contribution in [0.25, 0.3) is 0 Å². The van der Waals surface area contributed by atoms with Gasteiger partial charge in [-0.15, -0.1) is 5.10 Å². The molecule has 8 nitrogen and oxygen atoms in total. The van der Waals surface area contributed by atoms with Crippen LogP contribution < -0.4 is 10.1 Å². The highest BCUT2D eigenvalue weighted by atomic mass is 19.4. The van der Waals surface area contributed by atoms with E-state index in [0.29, 0.717) is 5.75 Å². The first-order valence-electron chi connectivity index (χ1n) is 10.9. The van der Waals surface area contributed by atoms with Gasteiger partial charge in [0, 0.05) is 18.4 Å². The van der Waals surface area contributed by atoms with Gasteiger partial charge in [-0.2, -0.15) is 13.2 Å². The number of benzene rings is 2. The van der Waals surface area contributed by atoms with Gasteiger partial charge < -0.3 is 14.5 Å². The topological polar surface area (TPSA) is 95.1 Å². The smallest absolute Gasteiger partial charge is 0.416 e. The van der Waals surface area contributed by atoms with Crippen molar-refractivity contribution in [3.8, 4) is 5.75 Å². The van der Waals surface area contributed by atoms with E-state index in [1.807, 2.05) is 35.1 Å². The molecule has 35 heavy (non-hydrogen) atoms. The number of nitrogens with zero attached hydrogens (tertiary/aromatic N) is 4. The van der Waals surface area contributed by atoms with Gasteiger partial charge in [0.2, 0.25) is 5.89 Å². The Hall–Kier alpha value is -4.15. The van der Waals surface area contributed by atoms with Crippen LogP contribution in [0.2, 0.25) is 0 Å². The van der Waals surface area contributed by atoms with E-state index in [1.165, 1.54) is 24.0 Å². The summed E-state index contributed by atoms with van der Waals surface area (Å²) in [6.07, 6.45) is 3.19. The number of rotatable bonds is 10. The van der Waals surface area contributed by atoms with Gasteiger partial charge >= 0.3 is 6.18 Å². The van der Waals surface area contributed by atoms with Crippen molar-refractivity contribution < 1.29 is 27.1 Å². The lowest BCUT2D eigenvalue weighted by Gasteiger charge is -2.08. The molecule has 0 aliphatic carbocycles. The molecule has 11 heteroatoms. The molecule has 1 N–H and O–H groups in total. The maximum Gasteiger partial charge on any atom is 0.416 e. The van der Waals surface area contributed by atoms with Gasteiger partial charge in [0.15, 0.2) is 12.3 Å². The van der Waals surface area contributed by atoms with Crippen molar-refractivity contribution in [3.63, 3.8) is 0 Å². The quantitative estimate of drug-likeness (QED) is 0.313. The number of carbonyl (C=O) groups excluding carboxylic acids is 1. The van der Waals surface area contributed by atoms with Crippen molar-refractivity contribution >= 4 is 11.6 Å². The van der Waals surface area contributed by atoms with E-state index < -0.39 is 17.6 Å². The van der Waals surface area contributed by atoms with Crippen molar-refractivity contribution in [2.45, 2.75) is 38.6 Å². The standard InChI is InChI=1S/C24H22F3N5O3/c25-24(26,27)18-6-8-19(9-7-18)29-23(33)21-15-35-22(30-21)16-34-20-10-4-17(5-11-20)3-1-2-13-32-14-12-28-31-32/h4-12,14-15H,1-3,13,16H2,(H,29,33). The molecule has 0 aliphatic rings. The van der Waals surface area contributed by atoms with Gasteiger partial charge in [-0.3, -0.25) is 9.48 Å². The molecule has 182 valence electrons. The minimum Gasteiger partial charge on any atom is -0.484 e. The molecule has 2 aromatic carbocycles. The van der Waals surface area contributed by atoms with Gasteiger partial charge in [-0.05, 0) is 61.2 Å². The Balaban J connectivity index is 1.21. The highest BCUT2D eigenvalue weighted by Gasteiger charge is 2.30. The Morgan fingerprint density at radius 3 is 2.51 bits per heavy atom. The molecule has 0 spiro atoms. The number of aryl methyl sites for hydroxylation is 2. The first kappa shape index (κ1) is 24.0. The zero-order valence-corrected chi connectivity index (χ0v) is 18.5. The molecule has 0 saturated heterocycles. The van der Waals surface area contributed by atoms with E-state index in [4.69, 9.17) is 9.15 Å². The molecule has 0 saturated carbocycles. The number of hydrogen-bond donors (Lipinski definition) is 1. The molecular formula is C24H22F3N5O3. The van der Waals surface area contributed by atoms with Crippen LogP contribution >= 0.6 is 0 Å². The van der Waals surface area contributed by atoms with Crippen LogP contribution in [0.15, 0.2) is 71.6 Å². The number of unbranched alkanes of at least 4 members (excludes halogenated alkanes) is 1. The monoisotopic (exact) mass is 485 g/mol. The summed E-state index contributed by atoms with van der Waals surface area (Å²) >= 11 is 0. The van der Waals surface area contributed by atoms with Crippen molar-refractivity contribution in [1.29, 1.82) is 0 Å². The summed E-state index contributed by atoms with van der Waals surface area (Å²) in [5.74, 6) is 0.220. The molecule has 2 aromatic heterocycles. The zero-order valence-electron chi connectivity index (χ0n) is 18.5. The number of aromatic nitrogens is 4. The molecule has 2 heterocycles. The largest absolute Gasteiger partial charge is 0.484 e. The van der Waals surface area contributed by atoms with E-state index in [1.54, 1.807) is 6.20 Å². The van der Waals surface area contributed by atoms with Crippen molar-refractivity contribution in [2.75, 3.05) is 5.32 Å². The first-order valence-corrected chi connectivity index (χ1v) is 10.9. The second kappa shape index (κ2) is 10.9. The van der Waals surface area contributed by atoms with Crippen LogP contribution in [0.5, 0.6) is 5.75 Å². The number of halogens is 3. The third-order valence-electron chi connectivity index (χ3n) is 5.11. The Morgan fingerprint density at radius 1 is 1.06 bits per heavy atom. The third kappa shape index (κ3) is 6.92. The van der Waals surface area contributed by atoms with Gasteiger partial charge in [-0.1, -0.05) is 17.3 Å². The first-order chi connectivity index (χ1) is 16.9. The van der Waals surface area contributed by atoms with Gasteiger partial charge in [0.25, 0.3) is 5.91 Å². The minimum absolute atomic E-state index is 0.00950. The molecule has 0 bridgehead atoms. The van der Waals surface area contributed by atoms with Crippen LogP contribution in [-0.4, -0.2) is 25.9 Å². The molecule has 4 rings (SSSR count). The third-order valence-corrected chi connectivity index (χ3v) is 5.11. The number of hydrogen-bond acceptors (Lipinski definition) is 6. The Bertz CT molecular complexity index is 1220. The Morgan fingerprint density at radius 2 is 1.83 bits per heavy atom. The van der Waals surface area contributed by atoms with Crippen LogP contribution in [0, 0.1) is 0 Å². The summed E-state index contributed by atoms with van der Waals surface area (Å²) in [7, 11) is 0. The van der Waals surface area contributed by atoms with E-state index in [0.717, 1.165) is 37.9 Å². The number of alkyl halides is 3. The molecule has 4 aromatic rings. The number of anilines is 1. The Labute approximate surface area is 198 Å². The van der Waals surface area contributed by atoms with Gasteiger partial charge in [0.05, 0.1) is 11.8 Å². The number of ether oxygens (including phenoxy) is 1. The highest BCUT2D eigenvalue weighted by Crippen LogP contribution is 2.29. The summed E-state index contributed by atoms with van der Waals surface area (Å²) < 4.78 is 50.7. The normalized spacial score (nSPS) is 11.4. The summed E-state index contributed by atoms with van der Waals surface area (Å²) in [4.78, 5) is 16.4. The summed E-state index contributed by atoms with van der Waals surface area (Å²) in [5, 5.41) is 10.2. The SMILES string of the molecule is O=C(Nc1ccc(C(F)(F)F)cc1)c1coc(COc2ccc(CCCCn3ccnn3)cc2)n1. The fourth-order valence-electron chi connectivity index (χ4n) is 3.27. The maximum atomic E-state index is 12.6. The lowest BCUT2D eigenvalue weighted by molar-refractivity contribution is -0.137. The summed E-state index contributed by atoms with van der Waals surface area (Å²) in [5.41, 5.74) is 0.592. The highest BCUT2D eigenvalue weighted by molar-refractivity contribution is 6.02. The molecule has 0 unspecified atom stereocenters. The summed E-state index contributed by atoms with van der Waals surface area (Å²) in [6, 6.07) is 11.8. The lowest BCUT2D eigenvalue weighted by Crippen LogP contribution is -2.13. The molecule has 0 radical (unpaired) electrons. The summed E-state index contributed by atoms with van der Waals surface area (Å²) in [6.45, 7) is 0.854. The van der Waals surface area contributed by atoms with Crippen molar-refractivity contribution in [1.82, 2.24) is 20.0 Å². The number of carbonyl (C=O) groups is 1. The number of nitrogens with one attached hydrogen (secondary N) is 1.